The molecule has 1 amide bonds. The molecule has 26 heavy (non-hydrogen) atoms. The number of ether oxygens (including phenoxy) is 2. The summed E-state index contributed by atoms with van der Waals surface area (Å²) >= 11 is 0. The number of unbranched alkanes of at least 4 members (excludes halogenated alkanes) is 1. The third kappa shape index (κ3) is 5.62. The predicted octanol–water partition coefficient (Wildman–Crippen LogP) is 3.38. The van der Waals surface area contributed by atoms with Gasteiger partial charge in [0.25, 0.3) is 5.91 Å². The van der Waals surface area contributed by atoms with E-state index < -0.39 is 12.0 Å². The van der Waals surface area contributed by atoms with Gasteiger partial charge in [0, 0.05) is 6.42 Å². The zero-order chi connectivity index (χ0) is 18.8. The molecule has 0 bridgehead atoms. The van der Waals surface area contributed by atoms with Gasteiger partial charge in [-0.1, -0.05) is 55.8 Å². The smallest absolute Gasteiger partial charge is 0.328 e. The van der Waals surface area contributed by atoms with Gasteiger partial charge in [0.1, 0.15) is 11.8 Å². The molecule has 0 saturated carbocycles. The number of carbonyl (C=O) groups excluding carboxylic acids is 2. The van der Waals surface area contributed by atoms with Gasteiger partial charge in [0.05, 0.1) is 19.3 Å². The summed E-state index contributed by atoms with van der Waals surface area (Å²) < 4.78 is 10.6. The lowest BCUT2D eigenvalue weighted by molar-refractivity contribution is -0.142. The molecular formula is C21H25NO4. The van der Waals surface area contributed by atoms with Crippen molar-refractivity contribution in [3.05, 3.63) is 65.7 Å². The van der Waals surface area contributed by atoms with Gasteiger partial charge in [0.15, 0.2) is 0 Å². The lowest BCUT2D eigenvalue weighted by atomic mass is 10.1. The minimum absolute atomic E-state index is 0.358. The van der Waals surface area contributed by atoms with Crippen LogP contribution in [0.5, 0.6) is 5.75 Å². The summed E-state index contributed by atoms with van der Waals surface area (Å²) in [6, 6.07) is 15.8. The Labute approximate surface area is 154 Å². The number of para-hydroxylation sites is 1. The fourth-order valence-corrected chi connectivity index (χ4v) is 2.53. The lowest BCUT2D eigenvalue weighted by Gasteiger charge is -2.18. The molecule has 0 fully saturated rings. The molecule has 0 aliphatic carbocycles. The normalized spacial score (nSPS) is 11.5. The summed E-state index contributed by atoms with van der Waals surface area (Å²) in [5, 5.41) is 2.77. The Kier molecular flexibility index (Phi) is 7.68. The van der Waals surface area contributed by atoms with Crippen molar-refractivity contribution in [2.75, 3.05) is 13.7 Å². The minimum Gasteiger partial charge on any atom is -0.493 e. The molecule has 2 aromatic carbocycles. The van der Waals surface area contributed by atoms with Crippen molar-refractivity contribution < 1.29 is 19.1 Å². The summed E-state index contributed by atoms with van der Waals surface area (Å²) in [5.74, 6) is -0.322. The topological polar surface area (TPSA) is 64.6 Å². The molecule has 1 N–H and O–H groups in total. The van der Waals surface area contributed by atoms with Gasteiger partial charge in [-0.05, 0) is 24.1 Å². The standard InChI is InChI=1S/C21H25NO4/c1-3-4-14-26-19-13-9-8-12-17(19)20(23)22-18(21(24)25-2)15-16-10-6-5-7-11-16/h5-13,18H,3-4,14-15H2,1-2H3,(H,22,23). The Balaban J connectivity index is 2.12. The largest absolute Gasteiger partial charge is 0.493 e. The van der Waals surface area contributed by atoms with E-state index >= 15 is 0 Å². The number of hydrogen-bond acceptors (Lipinski definition) is 4. The Morgan fingerprint density at radius 2 is 1.73 bits per heavy atom. The van der Waals surface area contributed by atoms with E-state index in [4.69, 9.17) is 9.47 Å². The van der Waals surface area contributed by atoms with Crippen molar-refractivity contribution in [3.63, 3.8) is 0 Å². The van der Waals surface area contributed by atoms with Gasteiger partial charge in [-0.25, -0.2) is 4.79 Å². The van der Waals surface area contributed by atoms with Crippen LogP contribution in [0.3, 0.4) is 0 Å². The Morgan fingerprint density at radius 3 is 2.42 bits per heavy atom. The molecular weight excluding hydrogens is 330 g/mol. The van der Waals surface area contributed by atoms with Crippen molar-refractivity contribution in [1.82, 2.24) is 5.32 Å². The predicted molar refractivity (Wildman–Crippen MR) is 100 cm³/mol. The molecule has 0 aliphatic rings. The van der Waals surface area contributed by atoms with E-state index in [1.165, 1.54) is 7.11 Å². The molecule has 0 aliphatic heterocycles. The first-order valence-corrected chi connectivity index (χ1v) is 8.80. The SMILES string of the molecule is CCCCOc1ccccc1C(=O)NC(Cc1ccccc1)C(=O)OC. The molecule has 1 atom stereocenters. The maximum Gasteiger partial charge on any atom is 0.328 e. The van der Waals surface area contributed by atoms with Gasteiger partial charge in [-0.15, -0.1) is 0 Å². The first-order chi connectivity index (χ1) is 12.7. The van der Waals surface area contributed by atoms with Crippen molar-refractivity contribution in [3.8, 4) is 5.75 Å². The molecule has 0 heterocycles. The highest BCUT2D eigenvalue weighted by atomic mass is 16.5. The fourth-order valence-electron chi connectivity index (χ4n) is 2.53. The summed E-state index contributed by atoms with van der Waals surface area (Å²) in [6.07, 6.45) is 2.28. The second kappa shape index (κ2) is 10.2. The molecule has 5 nitrogen and oxygen atoms in total. The Bertz CT molecular complexity index is 715. The van der Waals surface area contributed by atoms with Crippen LogP contribution in [-0.4, -0.2) is 31.6 Å². The maximum absolute atomic E-state index is 12.7. The molecule has 5 heteroatoms. The van der Waals surface area contributed by atoms with Gasteiger partial charge >= 0.3 is 5.97 Å². The Hall–Kier alpha value is -2.82. The summed E-state index contributed by atoms with van der Waals surface area (Å²) in [6.45, 7) is 2.62. The van der Waals surface area contributed by atoms with Crippen LogP contribution in [0.15, 0.2) is 54.6 Å². The Morgan fingerprint density at radius 1 is 1.04 bits per heavy atom. The quantitative estimate of drug-likeness (QED) is 0.553. The second-order valence-corrected chi connectivity index (χ2v) is 5.94. The van der Waals surface area contributed by atoms with Crippen LogP contribution in [0.2, 0.25) is 0 Å². The average molecular weight is 355 g/mol. The van der Waals surface area contributed by atoms with Gasteiger partial charge in [-0.2, -0.15) is 0 Å². The van der Waals surface area contributed by atoms with Crippen molar-refractivity contribution in [2.24, 2.45) is 0 Å². The highest BCUT2D eigenvalue weighted by Gasteiger charge is 2.24. The van der Waals surface area contributed by atoms with E-state index in [0.717, 1.165) is 18.4 Å². The van der Waals surface area contributed by atoms with Crippen LogP contribution in [0, 0.1) is 0 Å². The first kappa shape index (κ1) is 19.5. The number of esters is 1. The second-order valence-electron chi connectivity index (χ2n) is 5.94. The highest BCUT2D eigenvalue weighted by Crippen LogP contribution is 2.19. The van der Waals surface area contributed by atoms with Crippen molar-refractivity contribution >= 4 is 11.9 Å². The van der Waals surface area contributed by atoms with E-state index in [1.807, 2.05) is 36.4 Å². The van der Waals surface area contributed by atoms with Crippen LogP contribution >= 0.6 is 0 Å². The van der Waals surface area contributed by atoms with Gasteiger partial charge in [-0.3, -0.25) is 4.79 Å². The lowest BCUT2D eigenvalue weighted by Crippen LogP contribution is -2.43. The van der Waals surface area contributed by atoms with Crippen LogP contribution in [0.25, 0.3) is 0 Å². The van der Waals surface area contributed by atoms with E-state index in [0.29, 0.717) is 24.3 Å². The number of amides is 1. The number of methoxy groups -OCH3 is 1. The monoisotopic (exact) mass is 355 g/mol. The molecule has 0 aromatic heterocycles. The third-order valence-electron chi connectivity index (χ3n) is 3.96. The molecule has 2 aromatic rings. The maximum atomic E-state index is 12.7. The number of benzene rings is 2. The van der Waals surface area contributed by atoms with E-state index in [-0.39, 0.29) is 5.91 Å². The summed E-state index contributed by atoms with van der Waals surface area (Å²) in [7, 11) is 1.31. The molecule has 138 valence electrons. The number of nitrogens with one attached hydrogen (secondary N) is 1. The molecule has 0 saturated heterocycles. The van der Waals surface area contributed by atoms with Crippen molar-refractivity contribution in [2.45, 2.75) is 32.2 Å². The minimum atomic E-state index is -0.765. The number of rotatable bonds is 9. The number of carbonyl (C=O) groups is 2. The zero-order valence-electron chi connectivity index (χ0n) is 15.2. The zero-order valence-corrected chi connectivity index (χ0v) is 15.2. The highest BCUT2D eigenvalue weighted by molar-refractivity contribution is 5.99. The van der Waals surface area contributed by atoms with Crippen LogP contribution < -0.4 is 10.1 Å². The molecule has 1 unspecified atom stereocenters. The third-order valence-corrected chi connectivity index (χ3v) is 3.96. The van der Waals surface area contributed by atoms with Crippen LogP contribution in [-0.2, 0) is 16.0 Å². The summed E-state index contributed by atoms with van der Waals surface area (Å²) in [4.78, 5) is 24.8. The van der Waals surface area contributed by atoms with E-state index in [9.17, 15) is 9.59 Å². The van der Waals surface area contributed by atoms with E-state index in [1.54, 1.807) is 18.2 Å². The van der Waals surface area contributed by atoms with Gasteiger partial charge in [0.2, 0.25) is 0 Å². The van der Waals surface area contributed by atoms with Crippen molar-refractivity contribution in [1.29, 1.82) is 0 Å². The fraction of sp³-hybridized carbons (Fsp3) is 0.333. The first-order valence-electron chi connectivity index (χ1n) is 8.80. The molecule has 0 spiro atoms. The molecule has 2 rings (SSSR count). The number of hydrogen-bond donors (Lipinski definition) is 1. The van der Waals surface area contributed by atoms with Crippen LogP contribution in [0.4, 0.5) is 0 Å². The van der Waals surface area contributed by atoms with Gasteiger partial charge < -0.3 is 14.8 Å². The van der Waals surface area contributed by atoms with Crippen LogP contribution in [0.1, 0.15) is 35.7 Å². The van der Waals surface area contributed by atoms with E-state index in [2.05, 4.69) is 12.2 Å². The average Bonchev–Trinajstić information content (AvgIpc) is 2.68. The summed E-state index contributed by atoms with van der Waals surface area (Å²) in [5.41, 5.74) is 1.35. The molecule has 0 radical (unpaired) electrons.